The summed E-state index contributed by atoms with van der Waals surface area (Å²) in [4.78, 5) is 36.5. The zero-order chi connectivity index (χ0) is 24.6. The fourth-order valence-electron chi connectivity index (χ4n) is 4.06. The second-order valence-corrected chi connectivity index (χ2v) is 8.67. The van der Waals surface area contributed by atoms with Gasteiger partial charge in [0.2, 0.25) is 11.8 Å². The van der Waals surface area contributed by atoms with Crippen molar-refractivity contribution in [1.29, 1.82) is 0 Å². The summed E-state index contributed by atoms with van der Waals surface area (Å²) in [5, 5.41) is 12.2. The minimum absolute atomic E-state index is 0.0469. The van der Waals surface area contributed by atoms with Gasteiger partial charge in [0.15, 0.2) is 0 Å². The van der Waals surface area contributed by atoms with Crippen LogP contribution >= 0.6 is 0 Å². The number of hydrogen-bond donors (Lipinski definition) is 3. The van der Waals surface area contributed by atoms with Gasteiger partial charge in [-0.25, -0.2) is 4.98 Å². The highest BCUT2D eigenvalue weighted by Crippen LogP contribution is 2.25. The van der Waals surface area contributed by atoms with Crippen molar-refractivity contribution in [3.8, 4) is 11.3 Å². The van der Waals surface area contributed by atoms with Gasteiger partial charge in [0.25, 0.3) is 0 Å². The van der Waals surface area contributed by atoms with Crippen molar-refractivity contribution in [3.63, 3.8) is 0 Å². The van der Waals surface area contributed by atoms with Gasteiger partial charge in [0.1, 0.15) is 12.4 Å². The minimum atomic E-state index is -0.268. The number of rotatable bonds is 11. The molecule has 0 radical (unpaired) electrons. The molecule has 4 aromatic rings. The molecule has 9 nitrogen and oxygen atoms in total. The van der Waals surface area contributed by atoms with Crippen LogP contribution in [0.15, 0.2) is 55.1 Å². The van der Waals surface area contributed by atoms with E-state index in [4.69, 9.17) is 0 Å². The molecular weight excluding hydrogens is 442 g/mol. The molecule has 0 bridgehead atoms. The predicted octanol–water partition coefficient (Wildman–Crippen LogP) is 3.68. The summed E-state index contributed by atoms with van der Waals surface area (Å²) in [6, 6.07) is 9.77. The first-order valence-corrected chi connectivity index (χ1v) is 11.9. The van der Waals surface area contributed by atoms with Crippen molar-refractivity contribution >= 4 is 22.6 Å². The topological polar surface area (TPSA) is 118 Å². The van der Waals surface area contributed by atoms with E-state index in [1.54, 1.807) is 30.3 Å². The summed E-state index contributed by atoms with van der Waals surface area (Å²) in [5.41, 5.74) is 2.76. The number of fused-ring (bicyclic) bond motifs is 1. The van der Waals surface area contributed by atoms with E-state index in [2.05, 4.69) is 42.8 Å². The van der Waals surface area contributed by atoms with Crippen LogP contribution in [0.1, 0.15) is 49.7 Å². The van der Waals surface area contributed by atoms with Gasteiger partial charge in [-0.1, -0.05) is 25.0 Å². The first-order valence-electron chi connectivity index (χ1n) is 11.9. The lowest BCUT2D eigenvalue weighted by Crippen LogP contribution is -2.32. The van der Waals surface area contributed by atoms with Gasteiger partial charge in [0, 0.05) is 43.0 Å². The standard InChI is InChI=1S/C26H31N7O2/c1-18-11-13-33(32-18)17-25(35)30-22(6-4-3-5-7-24(34)27-2)26-29-16-23(31-26)20-9-8-19-10-12-28-15-21(19)14-20/h8-16,22H,3-7,17H2,1-2H3,(H,27,34)(H,29,31)(H,30,35)/t22-/m0/s1. The average molecular weight is 474 g/mol. The van der Waals surface area contributed by atoms with Gasteiger partial charge < -0.3 is 15.6 Å². The molecule has 1 atom stereocenters. The van der Waals surface area contributed by atoms with Crippen molar-refractivity contribution in [1.82, 2.24) is 35.4 Å². The third-order valence-electron chi connectivity index (χ3n) is 5.97. The molecule has 35 heavy (non-hydrogen) atoms. The lowest BCUT2D eigenvalue weighted by atomic mass is 10.1. The summed E-state index contributed by atoms with van der Waals surface area (Å²) in [7, 11) is 1.65. The number of aryl methyl sites for hydroxylation is 1. The molecule has 0 aliphatic heterocycles. The van der Waals surface area contributed by atoms with E-state index in [9.17, 15) is 9.59 Å². The highest BCUT2D eigenvalue weighted by molar-refractivity contribution is 5.86. The van der Waals surface area contributed by atoms with Gasteiger partial charge in [0.05, 0.1) is 23.6 Å². The number of benzene rings is 1. The van der Waals surface area contributed by atoms with Crippen LogP contribution in [0.25, 0.3) is 22.0 Å². The number of aromatic nitrogens is 5. The molecule has 3 aromatic heterocycles. The number of aromatic amines is 1. The molecule has 0 fully saturated rings. The summed E-state index contributed by atoms with van der Waals surface area (Å²) in [6.45, 7) is 2.04. The maximum absolute atomic E-state index is 12.8. The first-order chi connectivity index (χ1) is 17.0. The fourth-order valence-corrected chi connectivity index (χ4v) is 4.06. The van der Waals surface area contributed by atoms with Crippen molar-refractivity contribution in [2.45, 2.75) is 51.6 Å². The van der Waals surface area contributed by atoms with Crippen molar-refractivity contribution in [3.05, 3.63) is 66.6 Å². The molecule has 0 unspecified atom stereocenters. The normalized spacial score (nSPS) is 11.9. The van der Waals surface area contributed by atoms with Gasteiger partial charge in [-0.15, -0.1) is 0 Å². The molecule has 0 saturated carbocycles. The van der Waals surface area contributed by atoms with Crippen LogP contribution in [0.4, 0.5) is 0 Å². The molecule has 9 heteroatoms. The van der Waals surface area contributed by atoms with Crippen LogP contribution in [0.3, 0.4) is 0 Å². The quantitative estimate of drug-likeness (QED) is 0.287. The predicted molar refractivity (Wildman–Crippen MR) is 134 cm³/mol. The first kappa shape index (κ1) is 24.1. The largest absolute Gasteiger partial charge is 0.359 e. The molecule has 3 heterocycles. The Hall–Kier alpha value is -4.01. The molecule has 0 spiro atoms. The maximum atomic E-state index is 12.8. The lowest BCUT2D eigenvalue weighted by Gasteiger charge is -2.17. The highest BCUT2D eigenvalue weighted by Gasteiger charge is 2.19. The van der Waals surface area contributed by atoms with Gasteiger partial charge in [-0.2, -0.15) is 5.10 Å². The SMILES string of the molecule is CNC(=O)CCCCC[C@H](NC(=O)Cn1ccc(C)n1)c1ncc(-c2ccc3ccncc3c2)[nH]1. The van der Waals surface area contributed by atoms with E-state index in [0.29, 0.717) is 18.7 Å². The van der Waals surface area contributed by atoms with Crippen LogP contribution in [-0.4, -0.2) is 43.6 Å². The summed E-state index contributed by atoms with van der Waals surface area (Å²) < 4.78 is 1.63. The summed E-state index contributed by atoms with van der Waals surface area (Å²) in [6.07, 6.45) is 11.0. The van der Waals surface area contributed by atoms with Crippen molar-refractivity contribution in [2.24, 2.45) is 0 Å². The van der Waals surface area contributed by atoms with E-state index in [0.717, 1.165) is 47.0 Å². The number of amides is 2. The maximum Gasteiger partial charge on any atom is 0.242 e. The molecular formula is C26H31N7O2. The number of unbranched alkanes of at least 4 members (excludes halogenated alkanes) is 2. The Morgan fingerprint density at radius 1 is 1.06 bits per heavy atom. The number of nitrogens with one attached hydrogen (secondary N) is 3. The Kier molecular flexibility index (Phi) is 7.87. The highest BCUT2D eigenvalue weighted by atomic mass is 16.2. The molecule has 3 N–H and O–H groups in total. The van der Waals surface area contributed by atoms with Crippen LogP contribution in [-0.2, 0) is 16.1 Å². The van der Waals surface area contributed by atoms with Crippen molar-refractivity contribution in [2.75, 3.05) is 7.05 Å². The summed E-state index contributed by atoms with van der Waals surface area (Å²) in [5.74, 6) is 0.631. The Morgan fingerprint density at radius 3 is 2.74 bits per heavy atom. The molecule has 182 valence electrons. The van der Waals surface area contributed by atoms with Gasteiger partial charge in [-0.3, -0.25) is 19.3 Å². The van der Waals surface area contributed by atoms with Crippen molar-refractivity contribution < 1.29 is 9.59 Å². The number of H-pyrrole nitrogens is 1. The Balaban J connectivity index is 1.46. The van der Waals surface area contributed by atoms with E-state index < -0.39 is 0 Å². The van der Waals surface area contributed by atoms with Crippen LogP contribution in [0.5, 0.6) is 0 Å². The molecule has 1 aromatic carbocycles. The zero-order valence-electron chi connectivity index (χ0n) is 20.1. The number of pyridine rings is 1. The van der Waals surface area contributed by atoms with E-state index in [1.165, 1.54) is 0 Å². The zero-order valence-corrected chi connectivity index (χ0v) is 20.1. The number of carbonyl (C=O) groups excluding carboxylic acids is 2. The van der Waals surface area contributed by atoms with E-state index in [-0.39, 0.29) is 24.4 Å². The average Bonchev–Trinajstić information content (AvgIpc) is 3.52. The van der Waals surface area contributed by atoms with E-state index in [1.807, 2.05) is 31.3 Å². The second kappa shape index (κ2) is 11.4. The van der Waals surface area contributed by atoms with E-state index >= 15 is 0 Å². The Bertz CT molecular complexity index is 1290. The number of carbonyl (C=O) groups is 2. The minimum Gasteiger partial charge on any atom is -0.359 e. The number of hydrogen-bond acceptors (Lipinski definition) is 5. The molecule has 2 amide bonds. The van der Waals surface area contributed by atoms with Gasteiger partial charge >= 0.3 is 0 Å². The van der Waals surface area contributed by atoms with Gasteiger partial charge in [-0.05, 0) is 43.4 Å². The van der Waals surface area contributed by atoms with Crippen LogP contribution < -0.4 is 10.6 Å². The van der Waals surface area contributed by atoms with Crippen LogP contribution in [0, 0.1) is 6.92 Å². The monoisotopic (exact) mass is 473 g/mol. The lowest BCUT2D eigenvalue weighted by molar-refractivity contribution is -0.123. The third kappa shape index (κ3) is 6.53. The fraction of sp³-hybridized carbons (Fsp3) is 0.346. The van der Waals surface area contributed by atoms with Crippen LogP contribution in [0.2, 0.25) is 0 Å². The third-order valence-corrected chi connectivity index (χ3v) is 5.97. The molecule has 4 rings (SSSR count). The smallest absolute Gasteiger partial charge is 0.242 e. The molecule has 0 saturated heterocycles. The Labute approximate surface area is 204 Å². The summed E-state index contributed by atoms with van der Waals surface area (Å²) >= 11 is 0. The number of nitrogens with zero attached hydrogens (tertiary/aromatic N) is 4. The molecule has 0 aliphatic rings. The molecule has 0 aliphatic carbocycles. The number of imidazole rings is 1. The Morgan fingerprint density at radius 2 is 1.94 bits per heavy atom. The second-order valence-electron chi connectivity index (χ2n) is 8.67.